The van der Waals surface area contributed by atoms with Crippen molar-refractivity contribution in [2.75, 3.05) is 13.2 Å². The van der Waals surface area contributed by atoms with Crippen LogP contribution in [0.2, 0.25) is 0 Å². The van der Waals surface area contributed by atoms with Gasteiger partial charge < -0.3 is 30.2 Å². The van der Waals surface area contributed by atoms with Gasteiger partial charge in [0.15, 0.2) is 6.10 Å². The molecule has 1 aromatic heterocycles. The molecule has 192 valence electrons. The van der Waals surface area contributed by atoms with Gasteiger partial charge in [0.2, 0.25) is 0 Å². The van der Waals surface area contributed by atoms with E-state index in [1.165, 1.54) is 12.3 Å². The lowest BCUT2D eigenvalue weighted by molar-refractivity contribution is -0.147. The SMILES string of the molecule is C=C/C=C\C=C\C(=O)OC1COC2C(O)COC12.NCc1ccc(C(O)Cc2ccncc2F)cc1. The molecule has 36 heavy (non-hydrogen) atoms. The highest BCUT2D eigenvalue weighted by Crippen LogP contribution is 2.28. The highest BCUT2D eigenvalue weighted by atomic mass is 19.1. The van der Waals surface area contributed by atoms with Crippen LogP contribution in [0.15, 0.2) is 79.7 Å². The van der Waals surface area contributed by atoms with Gasteiger partial charge in [-0.1, -0.05) is 55.1 Å². The summed E-state index contributed by atoms with van der Waals surface area (Å²) in [6.07, 6.45) is 8.23. The fourth-order valence-electron chi connectivity index (χ4n) is 3.78. The maximum atomic E-state index is 13.4. The zero-order valence-corrected chi connectivity index (χ0v) is 19.8. The summed E-state index contributed by atoms with van der Waals surface area (Å²) in [7, 11) is 0. The van der Waals surface area contributed by atoms with E-state index in [0.29, 0.717) is 12.1 Å². The van der Waals surface area contributed by atoms with Crippen molar-refractivity contribution in [1.29, 1.82) is 0 Å². The Balaban J connectivity index is 0.000000201. The molecule has 2 aliphatic rings. The fraction of sp³-hybridized carbons (Fsp3) is 0.333. The average Bonchev–Trinajstić information content (AvgIpc) is 3.46. The van der Waals surface area contributed by atoms with Crippen LogP contribution >= 0.6 is 0 Å². The zero-order chi connectivity index (χ0) is 25.9. The zero-order valence-electron chi connectivity index (χ0n) is 19.8. The molecule has 0 saturated carbocycles. The summed E-state index contributed by atoms with van der Waals surface area (Å²) in [6, 6.07) is 8.92. The predicted octanol–water partition coefficient (Wildman–Crippen LogP) is 2.31. The van der Waals surface area contributed by atoms with Crippen LogP contribution in [0.3, 0.4) is 0 Å². The molecule has 4 rings (SSSR count). The molecule has 4 N–H and O–H groups in total. The largest absolute Gasteiger partial charge is 0.454 e. The van der Waals surface area contributed by atoms with Gasteiger partial charge in [-0.05, 0) is 22.8 Å². The van der Waals surface area contributed by atoms with E-state index in [2.05, 4.69) is 11.6 Å². The molecule has 0 spiro atoms. The molecule has 1 aromatic carbocycles. The van der Waals surface area contributed by atoms with Gasteiger partial charge in [-0.15, -0.1) is 0 Å². The number of aromatic nitrogens is 1. The van der Waals surface area contributed by atoms with Crippen LogP contribution in [0.5, 0.6) is 0 Å². The van der Waals surface area contributed by atoms with Crippen molar-refractivity contribution in [3.63, 3.8) is 0 Å². The molecule has 0 aliphatic carbocycles. The minimum atomic E-state index is -0.728. The molecule has 2 aromatic rings. The third-order valence-corrected chi connectivity index (χ3v) is 5.71. The van der Waals surface area contributed by atoms with E-state index in [4.69, 9.17) is 19.9 Å². The lowest BCUT2D eigenvalue weighted by Crippen LogP contribution is -2.33. The first-order valence-corrected chi connectivity index (χ1v) is 11.6. The average molecular weight is 499 g/mol. The number of fused-ring (bicyclic) bond motifs is 1. The van der Waals surface area contributed by atoms with Crippen molar-refractivity contribution in [1.82, 2.24) is 4.98 Å². The van der Waals surface area contributed by atoms with Gasteiger partial charge in [0.1, 0.15) is 24.1 Å². The normalized spacial score (nSPS) is 23.8. The van der Waals surface area contributed by atoms with Gasteiger partial charge in [-0.3, -0.25) is 4.98 Å². The smallest absolute Gasteiger partial charge is 0.331 e. The fourth-order valence-corrected chi connectivity index (χ4v) is 3.78. The Hall–Kier alpha value is -3.21. The molecule has 0 amide bonds. The number of hydrogen-bond acceptors (Lipinski definition) is 8. The van der Waals surface area contributed by atoms with Crippen LogP contribution < -0.4 is 5.73 Å². The second-order valence-corrected chi connectivity index (χ2v) is 8.25. The molecule has 5 unspecified atom stereocenters. The van der Waals surface area contributed by atoms with Crippen LogP contribution in [-0.4, -0.2) is 58.8 Å². The van der Waals surface area contributed by atoms with E-state index >= 15 is 0 Å². The van der Waals surface area contributed by atoms with Gasteiger partial charge in [0.25, 0.3) is 0 Å². The van der Waals surface area contributed by atoms with Crippen molar-refractivity contribution < 1.29 is 33.6 Å². The lowest BCUT2D eigenvalue weighted by Gasteiger charge is -2.15. The number of halogens is 1. The summed E-state index contributed by atoms with van der Waals surface area (Å²) in [5.74, 6) is -0.849. The number of benzene rings is 1. The van der Waals surface area contributed by atoms with E-state index < -0.39 is 30.1 Å². The van der Waals surface area contributed by atoms with Crippen LogP contribution in [0.1, 0.15) is 22.8 Å². The molecule has 0 bridgehead atoms. The van der Waals surface area contributed by atoms with E-state index in [-0.39, 0.29) is 31.8 Å². The van der Waals surface area contributed by atoms with Crippen LogP contribution in [0, 0.1) is 5.82 Å². The number of nitrogens with two attached hydrogens (primary N) is 1. The number of hydrogen-bond donors (Lipinski definition) is 3. The summed E-state index contributed by atoms with van der Waals surface area (Å²) < 4.78 is 29.3. The molecule has 8 nitrogen and oxygen atoms in total. The number of aliphatic hydroxyl groups is 2. The Labute approximate surface area is 209 Å². The maximum Gasteiger partial charge on any atom is 0.331 e. The molecule has 9 heteroatoms. The Kier molecular flexibility index (Phi) is 10.5. The van der Waals surface area contributed by atoms with Gasteiger partial charge >= 0.3 is 5.97 Å². The topological polar surface area (TPSA) is 124 Å². The van der Waals surface area contributed by atoms with Crippen LogP contribution in [-0.2, 0) is 32.0 Å². The summed E-state index contributed by atoms with van der Waals surface area (Å²) in [5.41, 5.74) is 7.71. The first-order valence-electron chi connectivity index (χ1n) is 11.6. The predicted molar refractivity (Wildman–Crippen MR) is 131 cm³/mol. The highest BCUT2D eigenvalue weighted by molar-refractivity contribution is 5.82. The summed E-state index contributed by atoms with van der Waals surface area (Å²) >= 11 is 0. The number of ether oxygens (including phenoxy) is 3. The van der Waals surface area contributed by atoms with Crippen molar-refractivity contribution in [2.45, 2.75) is 43.5 Å². The lowest BCUT2D eigenvalue weighted by atomic mass is 10.0. The molecular weight excluding hydrogens is 467 g/mol. The number of allylic oxidation sites excluding steroid dienone is 4. The van der Waals surface area contributed by atoms with E-state index in [1.54, 1.807) is 30.4 Å². The number of esters is 1. The first kappa shape index (κ1) is 27.4. The molecule has 2 saturated heterocycles. The van der Waals surface area contributed by atoms with Gasteiger partial charge in [0, 0.05) is 25.2 Å². The van der Waals surface area contributed by atoms with E-state index in [9.17, 15) is 19.4 Å². The van der Waals surface area contributed by atoms with Crippen molar-refractivity contribution in [3.8, 4) is 0 Å². The van der Waals surface area contributed by atoms with E-state index in [0.717, 1.165) is 17.3 Å². The van der Waals surface area contributed by atoms with E-state index in [1.807, 2.05) is 24.3 Å². The molecule has 0 radical (unpaired) electrons. The second kappa shape index (κ2) is 13.8. The molecule has 3 heterocycles. The molecular formula is C27H31FN2O6. The summed E-state index contributed by atoms with van der Waals surface area (Å²) in [5, 5.41) is 19.6. The summed E-state index contributed by atoms with van der Waals surface area (Å²) in [4.78, 5) is 15.2. The quantitative estimate of drug-likeness (QED) is 0.288. The monoisotopic (exact) mass is 498 g/mol. The Morgan fingerprint density at radius 3 is 2.64 bits per heavy atom. The van der Waals surface area contributed by atoms with Crippen LogP contribution in [0.4, 0.5) is 4.39 Å². The molecule has 5 atom stereocenters. The third-order valence-electron chi connectivity index (χ3n) is 5.71. The maximum absolute atomic E-state index is 13.4. The highest BCUT2D eigenvalue weighted by Gasteiger charge is 2.48. The number of rotatable bonds is 8. The first-order chi connectivity index (χ1) is 17.4. The van der Waals surface area contributed by atoms with Crippen molar-refractivity contribution in [3.05, 3.63) is 102 Å². The van der Waals surface area contributed by atoms with Crippen LogP contribution in [0.25, 0.3) is 0 Å². The Morgan fingerprint density at radius 2 is 1.94 bits per heavy atom. The third kappa shape index (κ3) is 7.64. The number of carbonyl (C=O) groups excluding carboxylic acids is 1. The number of nitrogens with zero attached hydrogens (tertiary/aromatic N) is 1. The number of pyridine rings is 1. The van der Waals surface area contributed by atoms with Crippen molar-refractivity contribution >= 4 is 5.97 Å². The Morgan fingerprint density at radius 1 is 1.19 bits per heavy atom. The van der Waals surface area contributed by atoms with Crippen molar-refractivity contribution in [2.24, 2.45) is 5.73 Å². The van der Waals surface area contributed by atoms with Gasteiger partial charge in [-0.25, -0.2) is 9.18 Å². The molecule has 2 fully saturated rings. The second-order valence-electron chi connectivity index (χ2n) is 8.25. The number of aliphatic hydroxyl groups excluding tert-OH is 2. The summed E-state index contributed by atoms with van der Waals surface area (Å²) in [6.45, 7) is 4.46. The Bertz CT molecular complexity index is 1060. The minimum Gasteiger partial charge on any atom is -0.454 e. The molecule has 2 aliphatic heterocycles. The van der Waals surface area contributed by atoms with Gasteiger partial charge in [0.05, 0.1) is 25.5 Å². The van der Waals surface area contributed by atoms with Gasteiger partial charge in [-0.2, -0.15) is 0 Å². The minimum absolute atomic E-state index is 0.224. The standard InChI is InChI=1S/C14H15FN2O.C13H16O5/c15-13-9-17-6-5-12(13)7-14(18)11-3-1-10(8-16)2-4-11;1-2-3-4-5-6-11(15)18-10-8-17-12-9(14)7-16-13(10)12/h1-6,9,14,18H,7-8,16H2;2-6,9-10,12-14H,1,7-8H2/b;4-3-,6-5+. The number of carbonyl (C=O) groups is 1.